The fraction of sp³-hybridized carbons (Fsp3) is 0. The first-order valence-electron chi connectivity index (χ1n) is 5.92. The molecular weight excluding hydrogens is 351 g/mol. The lowest BCUT2D eigenvalue weighted by Crippen LogP contribution is -2.29. The van der Waals surface area contributed by atoms with Crippen LogP contribution in [-0.4, -0.2) is 16.9 Å². The van der Waals surface area contributed by atoms with Gasteiger partial charge in [0.25, 0.3) is 0 Å². The van der Waals surface area contributed by atoms with Gasteiger partial charge in [-0.25, -0.2) is 0 Å². The molecule has 0 fully saturated rings. The average Bonchev–Trinajstić information content (AvgIpc) is 2.46. The number of anilines is 2. The summed E-state index contributed by atoms with van der Waals surface area (Å²) in [6, 6.07) is 8.49. The molecule has 0 atom stereocenters. The highest BCUT2D eigenvalue weighted by Crippen LogP contribution is 2.27. The fourth-order valence-corrected chi connectivity index (χ4v) is 2.07. The number of carbonyl (C=O) groups is 2. The highest BCUT2D eigenvalue weighted by Gasteiger charge is 2.17. The zero-order valence-electron chi connectivity index (χ0n) is 10.9. The van der Waals surface area contributed by atoms with E-state index in [2.05, 4.69) is 10.6 Å². The van der Waals surface area contributed by atoms with Crippen molar-refractivity contribution in [3.8, 4) is 5.75 Å². The first-order chi connectivity index (χ1) is 10.4. The van der Waals surface area contributed by atoms with E-state index in [0.29, 0.717) is 10.0 Å². The SMILES string of the molecule is O=C(Nc1cc(Cl)ccc1O)C(=O)Nc1cc(Cl)ccc1Cl. The molecule has 0 bridgehead atoms. The first-order valence-corrected chi connectivity index (χ1v) is 7.06. The van der Waals surface area contributed by atoms with Gasteiger partial charge in [0.15, 0.2) is 0 Å². The van der Waals surface area contributed by atoms with E-state index in [1.807, 2.05) is 0 Å². The van der Waals surface area contributed by atoms with Crippen molar-refractivity contribution in [2.45, 2.75) is 0 Å². The number of aromatic hydroxyl groups is 1. The topological polar surface area (TPSA) is 78.4 Å². The number of phenolic OH excluding ortho intramolecular Hbond substituents is 1. The van der Waals surface area contributed by atoms with Crippen LogP contribution in [-0.2, 0) is 9.59 Å². The van der Waals surface area contributed by atoms with Crippen LogP contribution in [0.15, 0.2) is 36.4 Å². The minimum absolute atomic E-state index is 0.0184. The summed E-state index contributed by atoms with van der Waals surface area (Å²) >= 11 is 17.4. The average molecular weight is 360 g/mol. The van der Waals surface area contributed by atoms with Crippen LogP contribution >= 0.6 is 34.8 Å². The summed E-state index contributed by atoms with van der Waals surface area (Å²) in [7, 11) is 0. The molecule has 0 unspecified atom stereocenters. The summed E-state index contributed by atoms with van der Waals surface area (Å²) < 4.78 is 0. The van der Waals surface area contributed by atoms with Gasteiger partial charge in [-0.3, -0.25) is 9.59 Å². The second kappa shape index (κ2) is 6.87. The Bertz CT molecular complexity index is 687. The molecule has 2 amide bonds. The summed E-state index contributed by atoms with van der Waals surface area (Å²) in [6.45, 7) is 0. The Morgan fingerprint density at radius 1 is 0.818 bits per heavy atom. The molecule has 0 aliphatic heterocycles. The number of benzene rings is 2. The quantitative estimate of drug-likeness (QED) is 0.561. The van der Waals surface area contributed by atoms with Crippen molar-refractivity contribution in [1.82, 2.24) is 0 Å². The molecule has 2 rings (SSSR count). The van der Waals surface area contributed by atoms with Crippen LogP contribution in [0.3, 0.4) is 0 Å². The van der Waals surface area contributed by atoms with Crippen LogP contribution in [0.5, 0.6) is 5.75 Å². The van der Waals surface area contributed by atoms with Crippen LogP contribution < -0.4 is 10.6 Å². The van der Waals surface area contributed by atoms with Gasteiger partial charge in [0, 0.05) is 10.0 Å². The lowest BCUT2D eigenvalue weighted by Gasteiger charge is -2.09. The molecule has 0 spiro atoms. The Morgan fingerprint density at radius 2 is 1.32 bits per heavy atom. The van der Waals surface area contributed by atoms with Gasteiger partial charge in [-0.15, -0.1) is 0 Å². The van der Waals surface area contributed by atoms with Crippen molar-refractivity contribution in [3.63, 3.8) is 0 Å². The van der Waals surface area contributed by atoms with Crippen LogP contribution in [0.1, 0.15) is 0 Å². The van der Waals surface area contributed by atoms with Crippen molar-refractivity contribution in [3.05, 3.63) is 51.5 Å². The van der Waals surface area contributed by atoms with Gasteiger partial charge in [-0.1, -0.05) is 34.8 Å². The van der Waals surface area contributed by atoms with Gasteiger partial charge < -0.3 is 15.7 Å². The molecule has 114 valence electrons. The van der Waals surface area contributed by atoms with E-state index >= 15 is 0 Å². The predicted molar refractivity (Wildman–Crippen MR) is 86.8 cm³/mol. The normalized spacial score (nSPS) is 10.1. The van der Waals surface area contributed by atoms with Crippen molar-refractivity contribution < 1.29 is 14.7 Å². The maximum atomic E-state index is 11.8. The largest absolute Gasteiger partial charge is 0.506 e. The third-order valence-electron chi connectivity index (χ3n) is 2.59. The number of phenols is 1. The molecule has 0 saturated carbocycles. The molecule has 5 nitrogen and oxygen atoms in total. The standard InChI is InChI=1S/C14H9Cl3N2O3/c15-7-1-3-9(17)10(5-7)18-13(21)14(22)19-11-6-8(16)2-4-12(11)20/h1-6,20H,(H,18,21)(H,19,22). The van der Waals surface area contributed by atoms with E-state index in [4.69, 9.17) is 34.8 Å². The third-order valence-corrected chi connectivity index (χ3v) is 3.39. The third kappa shape index (κ3) is 4.04. The lowest BCUT2D eigenvalue weighted by molar-refractivity contribution is -0.133. The monoisotopic (exact) mass is 358 g/mol. The van der Waals surface area contributed by atoms with Gasteiger partial charge in [0.1, 0.15) is 5.75 Å². The molecule has 0 saturated heterocycles. The number of hydrogen-bond acceptors (Lipinski definition) is 3. The van der Waals surface area contributed by atoms with Crippen molar-refractivity contribution in [1.29, 1.82) is 0 Å². The summed E-state index contributed by atoms with van der Waals surface area (Å²) in [5.74, 6) is -2.18. The zero-order chi connectivity index (χ0) is 16.3. The smallest absolute Gasteiger partial charge is 0.314 e. The van der Waals surface area contributed by atoms with Crippen molar-refractivity contribution in [2.75, 3.05) is 10.6 Å². The van der Waals surface area contributed by atoms with Crippen LogP contribution in [0.25, 0.3) is 0 Å². The van der Waals surface area contributed by atoms with Crippen molar-refractivity contribution in [2.24, 2.45) is 0 Å². The molecule has 0 radical (unpaired) electrons. The zero-order valence-corrected chi connectivity index (χ0v) is 13.1. The Kier molecular flexibility index (Phi) is 5.13. The molecule has 3 N–H and O–H groups in total. The predicted octanol–water partition coefficient (Wildman–Crippen LogP) is 3.93. The van der Waals surface area contributed by atoms with E-state index in [1.165, 1.54) is 30.3 Å². The van der Waals surface area contributed by atoms with E-state index < -0.39 is 11.8 Å². The van der Waals surface area contributed by atoms with Gasteiger partial charge in [0.2, 0.25) is 0 Å². The molecule has 0 aliphatic rings. The number of hydrogen-bond donors (Lipinski definition) is 3. The van der Waals surface area contributed by atoms with E-state index in [0.717, 1.165) is 0 Å². The van der Waals surface area contributed by atoms with Crippen molar-refractivity contribution >= 4 is 58.0 Å². The molecule has 0 heterocycles. The van der Waals surface area contributed by atoms with Crippen LogP contribution in [0, 0.1) is 0 Å². The fourth-order valence-electron chi connectivity index (χ4n) is 1.56. The maximum absolute atomic E-state index is 11.8. The van der Waals surface area contributed by atoms with Crippen LogP contribution in [0.2, 0.25) is 15.1 Å². The number of amides is 2. The van der Waals surface area contributed by atoms with E-state index in [-0.39, 0.29) is 22.1 Å². The molecule has 2 aromatic carbocycles. The molecule has 2 aromatic rings. The lowest BCUT2D eigenvalue weighted by atomic mass is 10.3. The number of halogens is 3. The number of rotatable bonds is 2. The summed E-state index contributed by atoms with van der Waals surface area (Å²) in [5.41, 5.74) is 0.217. The van der Waals surface area contributed by atoms with Gasteiger partial charge in [-0.05, 0) is 36.4 Å². The van der Waals surface area contributed by atoms with Gasteiger partial charge >= 0.3 is 11.8 Å². The molecular formula is C14H9Cl3N2O3. The minimum atomic E-state index is -0.992. The second-order valence-corrected chi connectivity index (χ2v) is 5.47. The Labute approximate surface area is 140 Å². The highest BCUT2D eigenvalue weighted by molar-refractivity contribution is 6.45. The maximum Gasteiger partial charge on any atom is 0.314 e. The minimum Gasteiger partial charge on any atom is -0.506 e. The highest BCUT2D eigenvalue weighted by atomic mass is 35.5. The Morgan fingerprint density at radius 3 is 1.95 bits per heavy atom. The first kappa shape index (κ1) is 16.4. The van der Waals surface area contributed by atoms with Gasteiger partial charge in [0.05, 0.1) is 16.4 Å². The molecule has 8 heteroatoms. The summed E-state index contributed by atoms with van der Waals surface area (Å²) in [4.78, 5) is 23.7. The molecule has 22 heavy (non-hydrogen) atoms. The number of carbonyl (C=O) groups excluding carboxylic acids is 2. The van der Waals surface area contributed by atoms with E-state index in [9.17, 15) is 14.7 Å². The second-order valence-electron chi connectivity index (χ2n) is 4.19. The van der Waals surface area contributed by atoms with Gasteiger partial charge in [-0.2, -0.15) is 0 Å². The Hall–Kier alpha value is -1.95. The molecule has 0 aliphatic carbocycles. The number of nitrogens with one attached hydrogen (secondary N) is 2. The molecule has 0 aromatic heterocycles. The summed E-state index contributed by atoms with van der Waals surface area (Å²) in [5, 5.41) is 15.0. The Balaban J connectivity index is 2.11. The van der Waals surface area contributed by atoms with E-state index in [1.54, 1.807) is 6.07 Å². The van der Waals surface area contributed by atoms with Crippen LogP contribution in [0.4, 0.5) is 11.4 Å². The summed E-state index contributed by atoms with van der Waals surface area (Å²) in [6.07, 6.45) is 0.